The zero-order valence-electron chi connectivity index (χ0n) is 35.0. The van der Waals surface area contributed by atoms with Gasteiger partial charge in [0.1, 0.15) is 36.5 Å². The number of nitrogens with two attached hydrogens (primary N) is 2. The maximum Gasteiger partial charge on any atom is 0.246 e. The van der Waals surface area contributed by atoms with Crippen LogP contribution in [-0.2, 0) is 35.3 Å². The Balaban J connectivity index is 2.02. The van der Waals surface area contributed by atoms with Gasteiger partial charge in [0.05, 0.1) is 18.6 Å². The number of amides is 5. The van der Waals surface area contributed by atoms with E-state index >= 15 is 0 Å². The number of carbonyl (C=O) groups is 5. The molecule has 0 bridgehead atoms. The van der Waals surface area contributed by atoms with Crippen molar-refractivity contribution in [2.45, 2.75) is 155 Å². The van der Waals surface area contributed by atoms with Crippen molar-refractivity contribution in [1.29, 1.82) is 0 Å². The van der Waals surface area contributed by atoms with Crippen LogP contribution < -0.4 is 37.5 Å². The van der Waals surface area contributed by atoms with Crippen LogP contribution in [0.25, 0.3) is 0 Å². The molecule has 5 amide bonds. The third kappa shape index (κ3) is 14.0. The predicted octanol–water partition coefficient (Wildman–Crippen LogP) is 3.21. The summed E-state index contributed by atoms with van der Waals surface area (Å²) in [6.07, 6.45) is 8.78. The smallest absolute Gasteiger partial charge is 0.246 e. The van der Waals surface area contributed by atoms with Crippen LogP contribution in [-0.4, -0.2) is 97.6 Å². The Morgan fingerprint density at radius 1 is 0.875 bits per heavy atom. The highest BCUT2D eigenvalue weighted by atomic mass is 16.5. The molecule has 2 aliphatic rings. The van der Waals surface area contributed by atoms with Gasteiger partial charge in [-0.15, -0.1) is 0 Å². The van der Waals surface area contributed by atoms with Crippen molar-refractivity contribution in [3.8, 4) is 5.75 Å². The van der Waals surface area contributed by atoms with E-state index in [2.05, 4.69) is 28.2 Å². The van der Waals surface area contributed by atoms with Gasteiger partial charge in [0, 0.05) is 26.2 Å². The summed E-state index contributed by atoms with van der Waals surface area (Å²) in [5.41, 5.74) is 13.6. The molecular formula is C42H71N7O7. The molecule has 1 heterocycles. The number of nitrogens with one attached hydrogen (secondary N) is 4. The molecule has 0 spiro atoms. The first-order valence-electron chi connectivity index (χ1n) is 20.9. The highest BCUT2D eigenvalue weighted by Crippen LogP contribution is 2.28. The first-order chi connectivity index (χ1) is 26.7. The Morgan fingerprint density at radius 3 is 2.18 bits per heavy atom. The molecule has 1 aromatic rings. The number of hydrogen-bond acceptors (Lipinski definition) is 9. The minimum Gasteiger partial charge on any atom is -0.491 e. The number of ether oxygens (including phenoxy) is 2. The number of unbranched alkanes of at least 4 members (excludes halogenated alkanes) is 3. The summed E-state index contributed by atoms with van der Waals surface area (Å²) < 4.78 is 12.5. The molecule has 0 radical (unpaired) electrons. The molecule has 56 heavy (non-hydrogen) atoms. The Labute approximate surface area is 334 Å². The third-order valence-corrected chi connectivity index (χ3v) is 11.1. The average Bonchev–Trinajstić information content (AvgIpc) is 3.18. The van der Waals surface area contributed by atoms with Crippen LogP contribution in [0, 0.1) is 24.7 Å². The lowest BCUT2D eigenvalue weighted by Crippen LogP contribution is -2.62. The molecule has 0 aromatic heterocycles. The molecule has 14 nitrogen and oxygen atoms in total. The maximum atomic E-state index is 14.3. The van der Waals surface area contributed by atoms with Crippen LogP contribution in [0.1, 0.15) is 116 Å². The largest absolute Gasteiger partial charge is 0.491 e. The zero-order chi connectivity index (χ0) is 41.4. The molecule has 7 atom stereocenters. The second kappa shape index (κ2) is 23.5. The van der Waals surface area contributed by atoms with Crippen LogP contribution in [0.2, 0.25) is 0 Å². The van der Waals surface area contributed by atoms with Crippen molar-refractivity contribution in [2.75, 3.05) is 26.8 Å². The Kier molecular flexibility index (Phi) is 19.5. The van der Waals surface area contributed by atoms with E-state index in [4.69, 9.17) is 20.9 Å². The van der Waals surface area contributed by atoms with E-state index in [-0.39, 0.29) is 37.5 Å². The molecule has 1 aliphatic carbocycles. The number of likely N-dealkylation sites (N-methyl/N-ethyl adjacent to an activating group) is 1. The predicted molar refractivity (Wildman–Crippen MR) is 217 cm³/mol. The second-order valence-electron chi connectivity index (χ2n) is 16.4. The topological polar surface area (TPSA) is 207 Å². The van der Waals surface area contributed by atoms with Crippen molar-refractivity contribution in [3.05, 3.63) is 29.3 Å². The van der Waals surface area contributed by atoms with E-state index < -0.39 is 65.9 Å². The standard InChI is InChI=1S/C42H71N7O7/c1-8-9-10-14-17-36-29(6)42(54)49(7)34(20-26(2)3)40(52)48-37(31-15-12-11-13-16-31)41(53)46-32(23-44)38(50)47-33(39(51)45-28(5)24-55-36)25-56-35-19-18-30(22-43)21-27(35)4/h18-19,21,26,28-29,31-34,36-37H,8-17,20,22-25,43-44H2,1-7H3,(H,45,51)(H,46,53)(H,47,50)(H,48,52)/t28-,29-,32+,33+,34+,36-,37+/m1/s1. The van der Waals surface area contributed by atoms with Gasteiger partial charge >= 0.3 is 0 Å². The number of rotatable bonds is 13. The highest BCUT2D eigenvalue weighted by Gasteiger charge is 2.39. The molecule has 0 unspecified atom stereocenters. The molecule has 1 saturated carbocycles. The van der Waals surface area contributed by atoms with Crippen LogP contribution in [0.5, 0.6) is 5.75 Å². The lowest BCUT2D eigenvalue weighted by atomic mass is 9.83. The first kappa shape index (κ1) is 46.6. The van der Waals surface area contributed by atoms with Gasteiger partial charge in [-0.2, -0.15) is 0 Å². The first-order valence-corrected chi connectivity index (χ1v) is 20.9. The van der Waals surface area contributed by atoms with Crippen LogP contribution in [0.3, 0.4) is 0 Å². The third-order valence-electron chi connectivity index (χ3n) is 11.1. The number of carbonyl (C=O) groups excluding carboxylic acids is 5. The van der Waals surface area contributed by atoms with Gasteiger partial charge in [0.25, 0.3) is 0 Å². The van der Waals surface area contributed by atoms with Gasteiger partial charge in [0.2, 0.25) is 29.5 Å². The fourth-order valence-electron chi connectivity index (χ4n) is 7.66. The van der Waals surface area contributed by atoms with Crippen molar-refractivity contribution < 1.29 is 33.4 Å². The SMILES string of the molecule is CCCCCC[C@H]1OC[C@@H](C)NC(=O)[C@H](COc2ccc(CN)cc2C)NC(=O)[C@H](CN)NC(=O)[C@H](C2CCCCC2)NC(=O)[C@H](CC(C)C)N(C)C(=O)[C@@H]1C. The summed E-state index contributed by atoms with van der Waals surface area (Å²) in [5.74, 6) is -2.55. The zero-order valence-corrected chi connectivity index (χ0v) is 35.0. The van der Waals surface area contributed by atoms with Crippen LogP contribution >= 0.6 is 0 Å². The van der Waals surface area contributed by atoms with Gasteiger partial charge in [-0.1, -0.05) is 84.8 Å². The van der Waals surface area contributed by atoms with Gasteiger partial charge in [-0.05, 0) is 68.6 Å². The molecule has 3 rings (SSSR count). The number of aryl methyl sites for hydroxylation is 1. The average molecular weight is 786 g/mol. The summed E-state index contributed by atoms with van der Waals surface area (Å²) in [6, 6.07) is 0.819. The number of hydrogen-bond donors (Lipinski definition) is 6. The molecular weight excluding hydrogens is 715 g/mol. The van der Waals surface area contributed by atoms with Crippen molar-refractivity contribution in [3.63, 3.8) is 0 Å². The van der Waals surface area contributed by atoms with E-state index in [1.165, 1.54) is 4.90 Å². The Hall–Kier alpha value is -3.75. The van der Waals surface area contributed by atoms with E-state index in [0.717, 1.165) is 68.9 Å². The molecule has 8 N–H and O–H groups in total. The molecule has 316 valence electrons. The van der Waals surface area contributed by atoms with Gasteiger partial charge < -0.3 is 47.1 Å². The normalized spacial score (nSPS) is 27.1. The monoisotopic (exact) mass is 786 g/mol. The Bertz CT molecular complexity index is 1440. The van der Waals surface area contributed by atoms with E-state index in [9.17, 15) is 24.0 Å². The van der Waals surface area contributed by atoms with Gasteiger partial charge in [-0.3, -0.25) is 24.0 Å². The minimum absolute atomic E-state index is 0.0712. The minimum atomic E-state index is -1.21. The fraction of sp³-hybridized carbons (Fsp3) is 0.738. The molecule has 1 aromatic carbocycles. The molecule has 1 saturated heterocycles. The van der Waals surface area contributed by atoms with Gasteiger partial charge in [0.15, 0.2) is 0 Å². The summed E-state index contributed by atoms with van der Waals surface area (Å²) >= 11 is 0. The summed E-state index contributed by atoms with van der Waals surface area (Å²) in [4.78, 5) is 71.9. The van der Waals surface area contributed by atoms with E-state index in [1.807, 2.05) is 39.8 Å². The van der Waals surface area contributed by atoms with Gasteiger partial charge in [-0.25, -0.2) is 0 Å². The highest BCUT2D eigenvalue weighted by molar-refractivity contribution is 5.96. The number of nitrogens with zero attached hydrogens (tertiary/aromatic N) is 1. The quantitative estimate of drug-likeness (QED) is 0.162. The van der Waals surface area contributed by atoms with E-state index in [1.54, 1.807) is 20.0 Å². The number of benzene rings is 1. The fourth-order valence-corrected chi connectivity index (χ4v) is 7.66. The summed E-state index contributed by atoms with van der Waals surface area (Å²) in [7, 11) is 1.64. The lowest BCUT2D eigenvalue weighted by molar-refractivity contribution is -0.147. The lowest BCUT2D eigenvalue weighted by Gasteiger charge is -2.36. The molecule has 2 fully saturated rings. The van der Waals surface area contributed by atoms with E-state index in [0.29, 0.717) is 25.1 Å². The molecule has 1 aliphatic heterocycles. The Morgan fingerprint density at radius 2 is 1.55 bits per heavy atom. The summed E-state index contributed by atoms with van der Waals surface area (Å²) in [5, 5.41) is 11.5. The van der Waals surface area contributed by atoms with Crippen molar-refractivity contribution in [1.82, 2.24) is 26.2 Å². The second-order valence-corrected chi connectivity index (χ2v) is 16.4. The van der Waals surface area contributed by atoms with Crippen molar-refractivity contribution >= 4 is 29.5 Å². The summed E-state index contributed by atoms with van der Waals surface area (Å²) in [6.45, 7) is 11.6. The maximum absolute atomic E-state index is 14.3. The van der Waals surface area contributed by atoms with Crippen molar-refractivity contribution in [2.24, 2.45) is 29.2 Å². The molecule has 14 heteroatoms. The van der Waals surface area contributed by atoms with Crippen LogP contribution in [0.4, 0.5) is 0 Å². The van der Waals surface area contributed by atoms with Crippen LogP contribution in [0.15, 0.2) is 18.2 Å².